The summed E-state index contributed by atoms with van der Waals surface area (Å²) >= 11 is 1.40. The van der Waals surface area contributed by atoms with Crippen molar-refractivity contribution < 1.29 is 19.8 Å². The van der Waals surface area contributed by atoms with Crippen LogP contribution in [0.4, 0.5) is 9.93 Å². The number of aliphatic carboxylic acids is 1. The number of carboxylic acid groups (broad SMARTS) is 1. The van der Waals surface area contributed by atoms with Crippen molar-refractivity contribution in [3.05, 3.63) is 10.6 Å². The number of aliphatic hydroxyl groups excluding tert-OH is 1. The molecule has 0 aromatic carbocycles. The van der Waals surface area contributed by atoms with Crippen LogP contribution in [-0.4, -0.2) is 39.8 Å². The van der Waals surface area contributed by atoms with Crippen LogP contribution < -0.4 is 10.6 Å². The lowest BCUT2D eigenvalue weighted by Gasteiger charge is -2.11. The van der Waals surface area contributed by atoms with Gasteiger partial charge in [0.05, 0.1) is 12.3 Å². The van der Waals surface area contributed by atoms with Gasteiger partial charge < -0.3 is 15.5 Å². The summed E-state index contributed by atoms with van der Waals surface area (Å²) in [6.07, 6.45) is 2.99. The SMILES string of the molecule is O=C(Nc1nc2c(s1)CCC2)N[C@@H](CO)C(=O)O. The number of aryl methyl sites for hydroxylation is 2. The second kappa shape index (κ2) is 5.32. The Morgan fingerprint density at radius 1 is 1.44 bits per heavy atom. The van der Waals surface area contributed by atoms with Gasteiger partial charge in [0.25, 0.3) is 0 Å². The maximum absolute atomic E-state index is 11.5. The first kappa shape index (κ1) is 12.8. The number of amides is 2. The Morgan fingerprint density at radius 2 is 2.22 bits per heavy atom. The highest BCUT2D eigenvalue weighted by atomic mass is 32.1. The Morgan fingerprint density at radius 3 is 2.83 bits per heavy atom. The van der Waals surface area contributed by atoms with E-state index in [0.29, 0.717) is 5.13 Å². The van der Waals surface area contributed by atoms with Crippen molar-refractivity contribution in [2.45, 2.75) is 25.3 Å². The van der Waals surface area contributed by atoms with Gasteiger partial charge in [0, 0.05) is 4.88 Å². The van der Waals surface area contributed by atoms with Gasteiger partial charge in [-0.15, -0.1) is 11.3 Å². The van der Waals surface area contributed by atoms with Crippen LogP contribution >= 0.6 is 11.3 Å². The number of nitrogens with one attached hydrogen (secondary N) is 2. The molecule has 2 rings (SSSR count). The Labute approximate surface area is 107 Å². The molecular weight excluding hydrogens is 258 g/mol. The van der Waals surface area contributed by atoms with Crippen LogP contribution in [0, 0.1) is 0 Å². The van der Waals surface area contributed by atoms with E-state index in [9.17, 15) is 9.59 Å². The van der Waals surface area contributed by atoms with E-state index in [0.717, 1.165) is 25.0 Å². The molecule has 0 saturated heterocycles. The van der Waals surface area contributed by atoms with Crippen LogP contribution in [-0.2, 0) is 17.6 Å². The van der Waals surface area contributed by atoms with Gasteiger partial charge in [-0.05, 0) is 19.3 Å². The predicted octanol–water partition coefficient (Wildman–Crippen LogP) is 0.199. The van der Waals surface area contributed by atoms with Gasteiger partial charge in [-0.3, -0.25) is 5.32 Å². The lowest BCUT2D eigenvalue weighted by molar-refractivity contribution is -0.140. The van der Waals surface area contributed by atoms with Crippen molar-refractivity contribution in [2.75, 3.05) is 11.9 Å². The minimum atomic E-state index is -1.31. The van der Waals surface area contributed by atoms with Crippen LogP contribution in [0.3, 0.4) is 0 Å². The van der Waals surface area contributed by atoms with E-state index >= 15 is 0 Å². The summed E-state index contributed by atoms with van der Waals surface area (Å²) < 4.78 is 0. The van der Waals surface area contributed by atoms with Crippen LogP contribution in [0.5, 0.6) is 0 Å². The molecule has 7 nitrogen and oxygen atoms in total. The second-order valence-corrected chi connectivity index (χ2v) is 5.00. The summed E-state index contributed by atoms with van der Waals surface area (Å²) in [6.45, 7) is -0.656. The Kier molecular flexibility index (Phi) is 3.78. The van der Waals surface area contributed by atoms with Crippen molar-refractivity contribution in [3.63, 3.8) is 0 Å². The molecule has 1 aromatic heterocycles. The van der Waals surface area contributed by atoms with Gasteiger partial charge >= 0.3 is 12.0 Å². The number of carbonyl (C=O) groups is 2. The molecule has 18 heavy (non-hydrogen) atoms. The third kappa shape index (κ3) is 2.77. The van der Waals surface area contributed by atoms with Crippen molar-refractivity contribution in [1.29, 1.82) is 0 Å². The molecule has 1 atom stereocenters. The third-order valence-corrected chi connectivity index (χ3v) is 3.67. The number of anilines is 1. The lowest BCUT2D eigenvalue weighted by atomic mass is 10.3. The van der Waals surface area contributed by atoms with Crippen LogP contribution in [0.2, 0.25) is 0 Å². The summed E-state index contributed by atoms with van der Waals surface area (Å²) in [5, 5.41) is 22.5. The van der Waals surface area contributed by atoms with E-state index in [2.05, 4.69) is 15.6 Å². The molecular formula is C10H13N3O4S. The molecule has 1 aliphatic carbocycles. The normalized spacial score (nSPS) is 14.9. The van der Waals surface area contributed by atoms with E-state index in [1.54, 1.807) is 0 Å². The zero-order valence-corrected chi connectivity index (χ0v) is 10.3. The van der Waals surface area contributed by atoms with E-state index < -0.39 is 24.6 Å². The molecule has 0 spiro atoms. The van der Waals surface area contributed by atoms with E-state index in [1.807, 2.05) is 0 Å². The quantitative estimate of drug-likeness (QED) is 0.625. The molecule has 1 aliphatic rings. The maximum atomic E-state index is 11.5. The monoisotopic (exact) mass is 271 g/mol. The van der Waals surface area contributed by atoms with E-state index in [1.165, 1.54) is 16.2 Å². The Balaban J connectivity index is 1.92. The fourth-order valence-electron chi connectivity index (χ4n) is 1.72. The second-order valence-electron chi connectivity index (χ2n) is 3.91. The van der Waals surface area contributed by atoms with E-state index in [4.69, 9.17) is 10.2 Å². The number of carboxylic acids is 1. The molecule has 0 saturated carbocycles. The average Bonchev–Trinajstić information content (AvgIpc) is 2.85. The number of carbonyl (C=O) groups excluding carboxylic acids is 1. The number of nitrogens with zero attached hydrogens (tertiary/aromatic N) is 1. The first-order valence-corrected chi connectivity index (χ1v) is 6.31. The summed E-state index contributed by atoms with van der Waals surface area (Å²) in [6, 6.07) is -1.99. The fraction of sp³-hybridized carbons (Fsp3) is 0.500. The molecule has 0 fully saturated rings. The molecule has 98 valence electrons. The molecule has 8 heteroatoms. The topological polar surface area (TPSA) is 112 Å². The first-order valence-electron chi connectivity index (χ1n) is 5.50. The smallest absolute Gasteiger partial charge is 0.328 e. The van der Waals surface area contributed by atoms with Gasteiger partial charge in [-0.1, -0.05) is 0 Å². The van der Waals surface area contributed by atoms with Gasteiger partial charge in [0.2, 0.25) is 0 Å². The van der Waals surface area contributed by atoms with Gasteiger partial charge in [0.1, 0.15) is 0 Å². The van der Waals surface area contributed by atoms with Crippen molar-refractivity contribution >= 4 is 28.5 Å². The van der Waals surface area contributed by atoms with Crippen LogP contribution in [0.15, 0.2) is 0 Å². The number of thiazole rings is 1. The molecule has 0 bridgehead atoms. The highest BCUT2D eigenvalue weighted by Crippen LogP contribution is 2.30. The molecule has 2 amide bonds. The number of fused-ring (bicyclic) bond motifs is 1. The summed E-state index contributed by atoms with van der Waals surface area (Å²) in [7, 11) is 0. The van der Waals surface area contributed by atoms with E-state index in [-0.39, 0.29) is 0 Å². The van der Waals surface area contributed by atoms with Gasteiger partial charge in [-0.25, -0.2) is 14.6 Å². The molecule has 1 heterocycles. The summed E-state index contributed by atoms with van der Waals surface area (Å²) in [5.74, 6) is -1.28. The number of aliphatic hydroxyl groups is 1. The highest BCUT2D eigenvalue weighted by molar-refractivity contribution is 7.15. The largest absolute Gasteiger partial charge is 0.480 e. The van der Waals surface area contributed by atoms with Crippen LogP contribution in [0.25, 0.3) is 0 Å². The highest BCUT2D eigenvalue weighted by Gasteiger charge is 2.21. The standard InChI is InChI=1S/C10H13N3O4S/c14-4-6(8(15)16)11-9(17)13-10-12-5-2-1-3-7(5)18-10/h6,14H,1-4H2,(H,15,16)(H2,11,12,13,17)/t6-/m0/s1. The predicted molar refractivity (Wildman–Crippen MR) is 64.8 cm³/mol. The fourth-order valence-corrected chi connectivity index (χ4v) is 2.77. The molecule has 0 unspecified atom stereocenters. The third-order valence-electron chi connectivity index (χ3n) is 2.60. The number of rotatable bonds is 4. The minimum Gasteiger partial charge on any atom is -0.480 e. The van der Waals surface area contributed by atoms with Crippen LogP contribution in [0.1, 0.15) is 17.0 Å². The lowest BCUT2D eigenvalue weighted by Crippen LogP contribution is -2.45. The number of urea groups is 1. The van der Waals surface area contributed by atoms with Crippen molar-refractivity contribution in [1.82, 2.24) is 10.3 Å². The maximum Gasteiger partial charge on any atom is 0.328 e. The number of hydrogen-bond donors (Lipinski definition) is 4. The zero-order chi connectivity index (χ0) is 13.1. The number of hydrogen-bond acceptors (Lipinski definition) is 5. The molecule has 1 aromatic rings. The zero-order valence-electron chi connectivity index (χ0n) is 9.47. The average molecular weight is 271 g/mol. The van der Waals surface area contributed by atoms with Gasteiger partial charge in [-0.2, -0.15) is 0 Å². The minimum absolute atomic E-state index is 0.458. The summed E-state index contributed by atoms with van der Waals surface area (Å²) in [4.78, 5) is 27.5. The number of aromatic nitrogens is 1. The Bertz CT molecular complexity index is 452. The Hall–Kier alpha value is -1.67. The molecule has 4 N–H and O–H groups in total. The summed E-state index contributed by atoms with van der Waals surface area (Å²) in [5.41, 5.74) is 1.01. The van der Waals surface area contributed by atoms with Gasteiger partial charge in [0.15, 0.2) is 11.2 Å². The molecule has 0 aliphatic heterocycles. The molecule has 0 radical (unpaired) electrons. The van der Waals surface area contributed by atoms with Crippen molar-refractivity contribution in [3.8, 4) is 0 Å². The van der Waals surface area contributed by atoms with Crippen molar-refractivity contribution in [2.24, 2.45) is 0 Å². The first-order chi connectivity index (χ1) is 8.60.